The van der Waals surface area contributed by atoms with Gasteiger partial charge in [0.05, 0.1) is 13.9 Å². The van der Waals surface area contributed by atoms with Crippen LogP contribution in [0.2, 0.25) is 6.32 Å². The summed E-state index contributed by atoms with van der Waals surface area (Å²) in [5, 5.41) is 2.52. The summed E-state index contributed by atoms with van der Waals surface area (Å²) < 4.78 is 4.53. The normalized spacial score (nSPS) is 22.2. The summed E-state index contributed by atoms with van der Waals surface area (Å²) in [6.45, 7) is 4.41. The van der Waals surface area contributed by atoms with E-state index in [9.17, 15) is 4.79 Å². The van der Waals surface area contributed by atoms with E-state index in [4.69, 9.17) is 7.85 Å². The number of cyclic esters (lactones) is 1. The fourth-order valence-corrected chi connectivity index (χ4v) is 0.553. The molecule has 1 atom stereocenters. The Morgan fingerprint density at radius 3 is 2.70 bits per heavy atom. The first kappa shape index (κ1) is 9.33. The van der Waals surface area contributed by atoms with Gasteiger partial charge in [0.25, 0.3) is 0 Å². The highest BCUT2D eigenvalue weighted by molar-refractivity contribution is 6.09. The number of alkyl carbamates (subject to hydrolysis) is 1. The van der Waals surface area contributed by atoms with Gasteiger partial charge >= 0.3 is 6.09 Å². The minimum Gasteiger partial charge on any atom is -0.447 e. The number of ether oxygens (including phenoxy) is 1. The van der Waals surface area contributed by atoms with Gasteiger partial charge in [0.15, 0.2) is 0 Å². The molecule has 1 aliphatic heterocycles. The molecule has 1 amide bonds. The molecule has 0 unspecified atom stereocenters. The van der Waals surface area contributed by atoms with Crippen molar-refractivity contribution in [2.75, 3.05) is 6.61 Å². The topological polar surface area (TPSA) is 38.3 Å². The van der Waals surface area contributed by atoms with Crippen molar-refractivity contribution in [3.8, 4) is 0 Å². The Morgan fingerprint density at radius 2 is 2.50 bits per heavy atom. The largest absolute Gasteiger partial charge is 0.447 e. The van der Waals surface area contributed by atoms with E-state index in [-0.39, 0.29) is 13.6 Å². The van der Waals surface area contributed by atoms with Crippen LogP contribution in [0.3, 0.4) is 0 Å². The van der Waals surface area contributed by atoms with Crippen LogP contribution in [-0.4, -0.2) is 26.6 Å². The number of amides is 1. The fourth-order valence-electron chi connectivity index (χ4n) is 0.553. The molecule has 0 spiro atoms. The Balaban J connectivity index is 0. The number of rotatable bonds is 1. The van der Waals surface area contributed by atoms with Gasteiger partial charge in [-0.25, -0.2) is 4.79 Å². The quantitative estimate of drug-likeness (QED) is 0.555. The molecule has 0 saturated carbocycles. The predicted molar refractivity (Wildman–Crippen MR) is 42.3 cm³/mol. The van der Waals surface area contributed by atoms with Crippen molar-refractivity contribution in [2.45, 2.75) is 26.2 Å². The van der Waals surface area contributed by atoms with Crippen molar-refractivity contribution in [3.05, 3.63) is 0 Å². The van der Waals surface area contributed by atoms with Gasteiger partial charge in [-0.05, 0) is 0 Å². The van der Waals surface area contributed by atoms with Crippen LogP contribution in [0.4, 0.5) is 4.79 Å². The summed E-state index contributed by atoms with van der Waals surface area (Å²) in [5.41, 5.74) is 0. The Labute approximate surface area is 64.0 Å². The average molecular weight is 143 g/mol. The van der Waals surface area contributed by atoms with Crippen LogP contribution < -0.4 is 5.32 Å². The van der Waals surface area contributed by atoms with Crippen LogP contribution in [0.15, 0.2) is 0 Å². The number of carbonyl (C=O) groups excluding carboxylic acids is 1. The van der Waals surface area contributed by atoms with E-state index in [2.05, 4.69) is 10.1 Å². The molecular formula is C6H14BNO2. The van der Waals surface area contributed by atoms with Crippen molar-refractivity contribution in [2.24, 2.45) is 0 Å². The van der Waals surface area contributed by atoms with Crippen molar-refractivity contribution < 1.29 is 11.0 Å². The highest BCUT2D eigenvalue weighted by Crippen LogP contribution is 1.98. The summed E-state index contributed by atoms with van der Waals surface area (Å²) in [4.78, 5) is 10.2. The van der Waals surface area contributed by atoms with Crippen LogP contribution in [0.25, 0.3) is 0 Å². The van der Waals surface area contributed by atoms with Crippen molar-refractivity contribution in [1.29, 1.82) is 0 Å². The van der Waals surface area contributed by atoms with Crippen molar-refractivity contribution >= 4 is 13.9 Å². The first-order valence-corrected chi connectivity index (χ1v) is 3.46. The zero-order chi connectivity index (χ0) is 7.98. The van der Waals surface area contributed by atoms with E-state index in [0.717, 1.165) is 0 Å². The Bertz CT molecular complexity index is 113. The molecule has 1 rings (SSSR count). The minimum atomic E-state index is -0.361. The molecule has 0 aromatic carbocycles. The summed E-state index contributed by atoms with van der Waals surface area (Å²) in [7, 11) is 5.20. The molecule has 0 aromatic rings. The van der Waals surface area contributed by atoms with Gasteiger partial charge < -0.3 is 10.1 Å². The smallest absolute Gasteiger partial charge is 0.407 e. The zero-order valence-electron chi connectivity index (χ0n) is 6.39. The Hall–Kier alpha value is -0.665. The lowest BCUT2D eigenvalue weighted by atomic mass is 9.99. The predicted octanol–water partition coefficient (Wildman–Crippen LogP) is 0.954. The molecule has 58 valence electrons. The van der Waals surface area contributed by atoms with E-state index in [0.29, 0.717) is 12.9 Å². The van der Waals surface area contributed by atoms with Gasteiger partial charge in [-0.2, -0.15) is 0 Å². The molecule has 0 aromatic heterocycles. The number of carbonyl (C=O) groups is 1. The Morgan fingerprint density at radius 1 is 1.90 bits per heavy atom. The summed E-state index contributed by atoms with van der Waals surface area (Å²) in [5.74, 6) is 0. The second-order valence-corrected chi connectivity index (χ2v) is 1.68. The second-order valence-electron chi connectivity index (χ2n) is 1.68. The zero-order valence-corrected chi connectivity index (χ0v) is 6.39. The summed E-state index contributed by atoms with van der Waals surface area (Å²) in [6, 6.07) is 0.0301. The molecule has 10 heavy (non-hydrogen) atoms. The van der Waals surface area contributed by atoms with Crippen LogP contribution in [0, 0.1) is 0 Å². The number of hydrogen-bond donors (Lipinski definition) is 1. The molecule has 1 heterocycles. The van der Waals surface area contributed by atoms with Crippen LogP contribution in [0.1, 0.15) is 15.3 Å². The van der Waals surface area contributed by atoms with Gasteiger partial charge in [0, 0.05) is 1.43 Å². The third-order valence-electron chi connectivity index (χ3n) is 1.02. The molecule has 1 fully saturated rings. The van der Waals surface area contributed by atoms with E-state index in [1.54, 1.807) is 0 Å². The molecule has 0 aliphatic carbocycles. The first-order valence-electron chi connectivity index (χ1n) is 3.46. The molecule has 1 saturated heterocycles. The van der Waals surface area contributed by atoms with Crippen LogP contribution in [0.5, 0.6) is 0 Å². The second kappa shape index (κ2) is 5.15. The number of hydrogen-bond acceptors (Lipinski definition) is 2. The van der Waals surface area contributed by atoms with Gasteiger partial charge in [0.1, 0.15) is 6.61 Å². The number of nitrogens with one attached hydrogen (secondary N) is 1. The molecule has 3 nitrogen and oxygen atoms in total. The SMILES string of the molecule is CC.[B]C[C@H]1COC(=O)N1.[HH]. The highest BCUT2D eigenvalue weighted by Gasteiger charge is 2.18. The van der Waals surface area contributed by atoms with Gasteiger partial charge in [0.2, 0.25) is 0 Å². The van der Waals surface area contributed by atoms with E-state index >= 15 is 0 Å². The van der Waals surface area contributed by atoms with E-state index in [1.165, 1.54) is 0 Å². The maximum Gasteiger partial charge on any atom is 0.407 e. The minimum absolute atomic E-state index is 0. The molecule has 2 radical (unpaired) electrons. The summed E-state index contributed by atoms with van der Waals surface area (Å²) >= 11 is 0. The summed E-state index contributed by atoms with van der Waals surface area (Å²) in [6.07, 6.45) is 0.0894. The van der Waals surface area contributed by atoms with Gasteiger partial charge in [-0.3, -0.25) is 0 Å². The van der Waals surface area contributed by atoms with Crippen LogP contribution in [-0.2, 0) is 4.74 Å². The third kappa shape index (κ3) is 2.76. The molecule has 0 bridgehead atoms. The maximum absolute atomic E-state index is 10.2. The molecule has 1 N–H and O–H groups in total. The van der Waals surface area contributed by atoms with E-state index < -0.39 is 0 Å². The van der Waals surface area contributed by atoms with Crippen molar-refractivity contribution in [3.63, 3.8) is 0 Å². The first-order chi connectivity index (χ1) is 4.83. The highest BCUT2D eigenvalue weighted by atomic mass is 16.6. The lowest BCUT2D eigenvalue weighted by Gasteiger charge is -1.98. The third-order valence-corrected chi connectivity index (χ3v) is 1.02. The Kier molecular flexibility index (Phi) is 4.80. The fraction of sp³-hybridized carbons (Fsp3) is 0.833. The average Bonchev–Trinajstić information content (AvgIpc) is 2.40. The lowest BCUT2D eigenvalue weighted by Crippen LogP contribution is -2.25. The standard InChI is InChI=1S/C4H6BNO2.C2H6.H2/c5-1-3-2-8-4(7)6-3;1-2;/h3H,1-2H2,(H,6,7);1-2H3;1H/t3-;;/m0../s1. The van der Waals surface area contributed by atoms with Crippen LogP contribution >= 0.6 is 0 Å². The molecule has 1 aliphatic rings. The van der Waals surface area contributed by atoms with E-state index in [1.807, 2.05) is 13.8 Å². The maximum atomic E-state index is 10.2. The molecular weight excluding hydrogens is 129 g/mol. The molecule has 4 heteroatoms. The van der Waals surface area contributed by atoms with Gasteiger partial charge in [-0.15, -0.1) is 0 Å². The lowest BCUT2D eigenvalue weighted by molar-refractivity contribution is 0.177. The van der Waals surface area contributed by atoms with Crippen molar-refractivity contribution in [1.82, 2.24) is 5.32 Å². The van der Waals surface area contributed by atoms with Gasteiger partial charge in [-0.1, -0.05) is 20.2 Å². The monoisotopic (exact) mass is 143 g/mol.